The topological polar surface area (TPSA) is 70.2 Å². The fourth-order valence-electron chi connectivity index (χ4n) is 3.91. The lowest BCUT2D eigenvalue weighted by Crippen LogP contribution is -2.25. The van der Waals surface area contributed by atoms with E-state index in [-0.39, 0.29) is 17.2 Å². The van der Waals surface area contributed by atoms with Crippen molar-refractivity contribution in [2.45, 2.75) is 26.7 Å². The molecule has 0 bridgehead atoms. The van der Waals surface area contributed by atoms with Crippen LogP contribution in [0.2, 0.25) is 0 Å². The molecule has 0 saturated carbocycles. The summed E-state index contributed by atoms with van der Waals surface area (Å²) in [5.41, 5.74) is 2.93. The molecule has 3 aromatic rings. The Balaban J connectivity index is 1.51. The van der Waals surface area contributed by atoms with Gasteiger partial charge in [0.1, 0.15) is 0 Å². The lowest BCUT2D eigenvalue weighted by atomic mass is 9.79. The number of carbonyl (C=O) groups is 2. The molecule has 30 heavy (non-hydrogen) atoms. The molecule has 0 fully saturated rings. The minimum absolute atomic E-state index is 0.0811. The predicted octanol–water partition coefficient (Wildman–Crippen LogP) is 6.17. The van der Waals surface area contributed by atoms with Gasteiger partial charge in [0.05, 0.1) is 17.1 Å². The Kier molecular flexibility index (Phi) is 5.27. The van der Waals surface area contributed by atoms with Crippen LogP contribution in [-0.2, 0) is 4.79 Å². The average Bonchev–Trinajstić information content (AvgIpc) is 2.68. The molecule has 0 spiro atoms. The van der Waals surface area contributed by atoms with Gasteiger partial charge >= 0.3 is 6.03 Å². The van der Waals surface area contributed by atoms with Gasteiger partial charge in [0.15, 0.2) is 5.78 Å². The molecule has 0 saturated heterocycles. The van der Waals surface area contributed by atoms with Crippen molar-refractivity contribution >= 4 is 39.6 Å². The van der Waals surface area contributed by atoms with Crippen molar-refractivity contribution in [3.63, 3.8) is 0 Å². The lowest BCUT2D eigenvalue weighted by molar-refractivity contribution is -0.117. The van der Waals surface area contributed by atoms with Crippen LogP contribution in [0.4, 0.5) is 21.9 Å². The van der Waals surface area contributed by atoms with Crippen LogP contribution in [-0.4, -0.2) is 11.8 Å². The molecule has 4 rings (SSSR count). The monoisotopic (exact) mass is 399 g/mol. The first-order chi connectivity index (χ1) is 14.4. The van der Waals surface area contributed by atoms with Gasteiger partial charge < -0.3 is 16.0 Å². The third kappa shape index (κ3) is 4.51. The van der Waals surface area contributed by atoms with E-state index in [1.807, 2.05) is 66.7 Å². The van der Waals surface area contributed by atoms with Crippen molar-refractivity contribution in [3.05, 3.63) is 78.5 Å². The van der Waals surface area contributed by atoms with E-state index in [0.717, 1.165) is 34.3 Å². The number of anilines is 3. The summed E-state index contributed by atoms with van der Waals surface area (Å²) >= 11 is 0. The molecule has 0 radical (unpaired) electrons. The number of allylic oxidation sites excluding steroid dienone is 2. The number of benzene rings is 3. The standard InChI is InChI=1S/C25H25N3O2/c1-25(2)15-18(14-19(29)16-25)26-22-11-5-6-12-23(22)28-24(30)27-21-13-7-9-17-8-3-4-10-20(17)21/h3-14,26H,15-16H2,1-2H3,(H2,27,28,30). The van der Waals surface area contributed by atoms with Gasteiger partial charge in [-0.2, -0.15) is 0 Å². The Morgan fingerprint density at radius 3 is 2.23 bits per heavy atom. The maximum absolute atomic E-state index is 12.7. The van der Waals surface area contributed by atoms with Crippen LogP contribution in [0.5, 0.6) is 0 Å². The molecule has 3 aromatic carbocycles. The summed E-state index contributed by atoms with van der Waals surface area (Å²) in [6, 6.07) is 20.9. The van der Waals surface area contributed by atoms with E-state index in [4.69, 9.17) is 0 Å². The van der Waals surface area contributed by atoms with Crippen LogP contribution >= 0.6 is 0 Å². The molecule has 152 valence electrons. The van der Waals surface area contributed by atoms with Crippen molar-refractivity contribution in [3.8, 4) is 0 Å². The number of rotatable bonds is 4. The molecule has 0 aliphatic heterocycles. The van der Waals surface area contributed by atoms with E-state index in [1.165, 1.54) is 0 Å². The van der Waals surface area contributed by atoms with Crippen molar-refractivity contribution in [2.24, 2.45) is 5.41 Å². The molecular formula is C25H25N3O2. The molecule has 2 amide bonds. The summed E-state index contributed by atoms with van der Waals surface area (Å²) in [6.07, 6.45) is 2.99. The second kappa shape index (κ2) is 8.03. The van der Waals surface area contributed by atoms with Crippen molar-refractivity contribution in [2.75, 3.05) is 16.0 Å². The number of carbonyl (C=O) groups excluding carboxylic acids is 2. The maximum atomic E-state index is 12.7. The number of ketones is 1. The molecule has 1 aliphatic carbocycles. The zero-order valence-corrected chi connectivity index (χ0v) is 17.2. The molecule has 0 aromatic heterocycles. The number of hydrogen-bond acceptors (Lipinski definition) is 3. The van der Waals surface area contributed by atoms with Gasteiger partial charge in [-0.25, -0.2) is 4.79 Å². The summed E-state index contributed by atoms with van der Waals surface area (Å²) in [5, 5.41) is 11.2. The van der Waals surface area contributed by atoms with Crippen LogP contribution in [0.1, 0.15) is 26.7 Å². The number of hydrogen-bond donors (Lipinski definition) is 3. The van der Waals surface area contributed by atoms with Crippen molar-refractivity contribution in [1.82, 2.24) is 0 Å². The van der Waals surface area contributed by atoms with Gasteiger partial charge in [-0.05, 0) is 35.4 Å². The van der Waals surface area contributed by atoms with E-state index in [1.54, 1.807) is 6.08 Å². The van der Waals surface area contributed by atoms with Gasteiger partial charge in [-0.1, -0.05) is 62.4 Å². The van der Waals surface area contributed by atoms with E-state index in [0.29, 0.717) is 12.1 Å². The van der Waals surface area contributed by atoms with Crippen molar-refractivity contribution in [1.29, 1.82) is 0 Å². The third-order valence-electron chi connectivity index (χ3n) is 5.17. The summed E-state index contributed by atoms with van der Waals surface area (Å²) in [6.45, 7) is 4.17. The van der Waals surface area contributed by atoms with Crippen LogP contribution < -0.4 is 16.0 Å². The molecule has 0 unspecified atom stereocenters. The largest absolute Gasteiger partial charge is 0.357 e. The first kappa shape index (κ1) is 19.7. The number of urea groups is 1. The highest BCUT2D eigenvalue weighted by molar-refractivity contribution is 6.07. The van der Waals surface area contributed by atoms with Gasteiger partial charge in [0, 0.05) is 23.6 Å². The second-order valence-corrected chi connectivity index (χ2v) is 8.43. The number of nitrogens with one attached hydrogen (secondary N) is 3. The maximum Gasteiger partial charge on any atom is 0.323 e. The molecule has 5 heteroatoms. The number of para-hydroxylation sites is 2. The fraction of sp³-hybridized carbons (Fsp3) is 0.200. The van der Waals surface area contributed by atoms with E-state index in [9.17, 15) is 9.59 Å². The average molecular weight is 399 g/mol. The molecule has 0 atom stereocenters. The molecular weight excluding hydrogens is 374 g/mol. The van der Waals surface area contributed by atoms with E-state index < -0.39 is 0 Å². The zero-order valence-electron chi connectivity index (χ0n) is 17.2. The van der Waals surface area contributed by atoms with Crippen LogP contribution in [0.15, 0.2) is 78.5 Å². The Bertz CT molecular complexity index is 1140. The summed E-state index contributed by atoms with van der Waals surface area (Å²) < 4.78 is 0. The van der Waals surface area contributed by atoms with E-state index in [2.05, 4.69) is 29.8 Å². The highest BCUT2D eigenvalue weighted by Crippen LogP contribution is 2.35. The fourth-order valence-corrected chi connectivity index (χ4v) is 3.91. The Morgan fingerprint density at radius 1 is 0.800 bits per heavy atom. The normalized spacial score (nSPS) is 15.4. The Hall–Kier alpha value is -3.60. The summed E-state index contributed by atoms with van der Waals surface area (Å²) in [5.74, 6) is 0.118. The predicted molar refractivity (Wildman–Crippen MR) is 123 cm³/mol. The quantitative estimate of drug-likeness (QED) is 0.491. The smallest absolute Gasteiger partial charge is 0.323 e. The number of fused-ring (bicyclic) bond motifs is 1. The van der Waals surface area contributed by atoms with Gasteiger partial charge in [0.2, 0.25) is 0 Å². The molecule has 3 N–H and O–H groups in total. The Labute approximate surface area is 176 Å². The van der Waals surface area contributed by atoms with Crippen LogP contribution in [0.3, 0.4) is 0 Å². The summed E-state index contributed by atoms with van der Waals surface area (Å²) in [7, 11) is 0. The van der Waals surface area contributed by atoms with Gasteiger partial charge in [-0.15, -0.1) is 0 Å². The highest BCUT2D eigenvalue weighted by Gasteiger charge is 2.27. The Morgan fingerprint density at radius 2 is 1.43 bits per heavy atom. The van der Waals surface area contributed by atoms with Crippen LogP contribution in [0.25, 0.3) is 10.8 Å². The van der Waals surface area contributed by atoms with Gasteiger partial charge in [-0.3, -0.25) is 4.79 Å². The molecule has 1 aliphatic rings. The lowest BCUT2D eigenvalue weighted by Gasteiger charge is -2.29. The second-order valence-electron chi connectivity index (χ2n) is 8.43. The van der Waals surface area contributed by atoms with Crippen molar-refractivity contribution < 1.29 is 9.59 Å². The minimum Gasteiger partial charge on any atom is -0.357 e. The summed E-state index contributed by atoms with van der Waals surface area (Å²) in [4.78, 5) is 24.8. The minimum atomic E-state index is -0.324. The van der Waals surface area contributed by atoms with E-state index >= 15 is 0 Å². The number of amides is 2. The first-order valence-corrected chi connectivity index (χ1v) is 10.0. The molecule has 0 heterocycles. The molecule has 5 nitrogen and oxygen atoms in total. The third-order valence-corrected chi connectivity index (χ3v) is 5.17. The van der Waals surface area contributed by atoms with Crippen LogP contribution in [0, 0.1) is 5.41 Å². The first-order valence-electron chi connectivity index (χ1n) is 10.0. The highest BCUT2D eigenvalue weighted by atomic mass is 16.2. The zero-order chi connectivity index (χ0) is 21.1. The SMILES string of the molecule is CC1(C)CC(=O)C=C(Nc2ccccc2NC(=O)Nc2cccc3ccccc23)C1. The van der Waals surface area contributed by atoms with Gasteiger partial charge in [0.25, 0.3) is 0 Å².